The van der Waals surface area contributed by atoms with E-state index in [1.54, 1.807) is 4.90 Å². The first-order chi connectivity index (χ1) is 24.1. The zero-order valence-corrected chi connectivity index (χ0v) is 28.2. The number of amides is 2. The van der Waals surface area contributed by atoms with E-state index >= 15 is 0 Å². The second kappa shape index (κ2) is 18.2. The number of anilines is 1. The molecular weight excluding hydrogens is 680 g/mol. The number of hydrogen-bond acceptors (Lipinski definition) is 16. The molecule has 3 aliphatic heterocycles. The van der Waals surface area contributed by atoms with Crippen LogP contribution >= 0.6 is 11.5 Å². The first-order valence-electron chi connectivity index (χ1n) is 16.8. The predicted molar refractivity (Wildman–Crippen MR) is 174 cm³/mol. The number of hydrogen-bond donors (Lipinski definition) is 8. The smallest absolute Gasteiger partial charge is 0.247 e. The van der Waals surface area contributed by atoms with E-state index in [1.165, 1.54) is 0 Å². The highest BCUT2D eigenvalue weighted by molar-refractivity contribution is 7.10. The van der Waals surface area contributed by atoms with Gasteiger partial charge in [-0.15, -0.1) is 5.10 Å². The van der Waals surface area contributed by atoms with E-state index in [2.05, 4.69) is 14.9 Å². The fourth-order valence-electron chi connectivity index (χ4n) is 6.37. The molecule has 278 valence electrons. The normalized spacial score (nSPS) is 33.3. The van der Waals surface area contributed by atoms with Crippen molar-refractivity contribution < 1.29 is 64.3 Å². The largest absolute Gasteiger partial charge is 0.394 e. The summed E-state index contributed by atoms with van der Waals surface area (Å²) in [5, 5.41) is 79.1. The molecule has 3 saturated heterocycles. The van der Waals surface area contributed by atoms with Crippen molar-refractivity contribution >= 4 is 28.3 Å². The van der Waals surface area contributed by atoms with Crippen molar-refractivity contribution in [3.8, 4) is 11.3 Å². The zero-order valence-electron chi connectivity index (χ0n) is 27.3. The summed E-state index contributed by atoms with van der Waals surface area (Å²) in [7, 11) is 0. The molecule has 5 rings (SSSR count). The van der Waals surface area contributed by atoms with Crippen LogP contribution in [0.4, 0.5) is 5.00 Å². The van der Waals surface area contributed by atoms with E-state index in [1.807, 2.05) is 30.3 Å². The molecule has 1 aromatic carbocycles. The van der Waals surface area contributed by atoms with E-state index in [-0.39, 0.29) is 31.3 Å². The molecule has 17 nitrogen and oxygen atoms in total. The summed E-state index contributed by atoms with van der Waals surface area (Å²) >= 11 is 1.08. The van der Waals surface area contributed by atoms with Gasteiger partial charge in [0.2, 0.25) is 11.8 Å². The van der Waals surface area contributed by atoms with Gasteiger partial charge in [0.1, 0.15) is 59.5 Å². The molecule has 8 N–H and O–H groups in total. The Balaban J connectivity index is 1.04. The second-order valence-electron chi connectivity index (χ2n) is 12.6. The Hall–Kier alpha value is -2.72. The van der Waals surface area contributed by atoms with Crippen LogP contribution in [0.3, 0.4) is 0 Å². The summed E-state index contributed by atoms with van der Waals surface area (Å²) in [6.07, 6.45) is -11.7. The van der Waals surface area contributed by atoms with Crippen molar-refractivity contribution in [2.45, 2.75) is 112 Å². The molecule has 18 heteroatoms. The molecule has 3 unspecified atom stereocenters. The number of aliphatic hydroxyl groups excluding tert-OH is 7. The maximum atomic E-state index is 13.2. The third-order valence-corrected chi connectivity index (χ3v) is 9.78. The Morgan fingerprint density at radius 3 is 2.40 bits per heavy atom. The molecule has 2 amide bonds. The van der Waals surface area contributed by atoms with Gasteiger partial charge in [-0.1, -0.05) is 41.2 Å². The number of rotatable bonds is 14. The van der Waals surface area contributed by atoms with Crippen molar-refractivity contribution in [2.24, 2.45) is 0 Å². The Bertz CT molecular complexity index is 1370. The summed E-state index contributed by atoms with van der Waals surface area (Å²) in [4.78, 5) is 27.9. The number of benzene rings is 1. The van der Waals surface area contributed by atoms with Crippen LogP contribution in [0.5, 0.6) is 0 Å². The van der Waals surface area contributed by atoms with Crippen molar-refractivity contribution in [3.05, 3.63) is 30.3 Å². The molecule has 0 saturated carbocycles. The van der Waals surface area contributed by atoms with Gasteiger partial charge in [0.05, 0.1) is 19.3 Å². The van der Waals surface area contributed by atoms with Crippen LogP contribution in [0.2, 0.25) is 0 Å². The fraction of sp³-hybridized carbons (Fsp3) is 0.688. The third-order valence-electron chi connectivity index (χ3n) is 9.14. The van der Waals surface area contributed by atoms with E-state index < -0.39 is 80.7 Å². The molecule has 11 atom stereocenters. The quantitative estimate of drug-likeness (QED) is 0.106. The average Bonchev–Trinajstić information content (AvgIpc) is 3.79. The number of aromatic nitrogens is 2. The third kappa shape index (κ3) is 9.19. The van der Waals surface area contributed by atoms with Gasteiger partial charge in [0.25, 0.3) is 0 Å². The second-order valence-corrected chi connectivity index (χ2v) is 13.4. The van der Waals surface area contributed by atoms with Gasteiger partial charge < -0.3 is 64.9 Å². The SMILES string of the molecule is O=C(Nc1snnc1-c1ccccc1)[C@@H]1CCCN1C(=O)CCCCCO[C@@H]1OC(CO)[C@@H](O[C@@H]2OC(CO)[C@H](O)[C@H](O)C[C@@H]2O)C(O)[C@@H]1O. The highest BCUT2D eigenvalue weighted by Gasteiger charge is 2.48. The van der Waals surface area contributed by atoms with Crippen molar-refractivity contribution in [1.82, 2.24) is 14.5 Å². The van der Waals surface area contributed by atoms with Crippen molar-refractivity contribution in [1.29, 1.82) is 0 Å². The Morgan fingerprint density at radius 2 is 1.66 bits per heavy atom. The minimum atomic E-state index is -1.65. The molecule has 1 aromatic heterocycles. The number of carbonyl (C=O) groups is 2. The number of unbranched alkanes of at least 4 members (excludes halogenated alkanes) is 2. The molecule has 2 aromatic rings. The number of nitrogens with one attached hydrogen (secondary N) is 1. The summed E-state index contributed by atoms with van der Waals surface area (Å²) in [6, 6.07) is 8.80. The molecule has 0 spiro atoms. The van der Waals surface area contributed by atoms with Gasteiger partial charge in [0, 0.05) is 43.1 Å². The standard InChI is InChI=1S/C32H46N4O13S/c37-15-21-25(42)19(39)14-20(40)31(47-21)49-28-22(16-38)48-32(27(44)26(28)43)46-13-6-2-5-11-23(41)36-12-7-10-18(36)29(45)33-30-24(34-35-50-30)17-8-3-1-4-9-17/h1,3-4,8-9,18-22,25-28,31-32,37-40,42-44H,2,5-7,10-16H2,(H,33,45)/t18-,19+,20-,21?,22?,25+,26?,27-,28+,31-,32+/m0/s1. The Morgan fingerprint density at radius 1 is 0.920 bits per heavy atom. The topological polar surface area (TPSA) is 254 Å². The van der Waals surface area contributed by atoms with Gasteiger partial charge in [0.15, 0.2) is 12.6 Å². The van der Waals surface area contributed by atoms with Gasteiger partial charge in [-0.05, 0) is 25.7 Å². The number of nitrogens with zero attached hydrogens (tertiary/aromatic N) is 3. The van der Waals surface area contributed by atoms with E-state index in [9.17, 15) is 45.3 Å². The lowest BCUT2D eigenvalue weighted by atomic mass is 9.98. The van der Waals surface area contributed by atoms with E-state index in [4.69, 9.17) is 18.9 Å². The Labute approximate surface area is 292 Å². The lowest BCUT2D eigenvalue weighted by Crippen LogP contribution is -2.61. The molecule has 50 heavy (non-hydrogen) atoms. The molecule has 0 aliphatic carbocycles. The molecular formula is C32H46N4O13S. The maximum absolute atomic E-state index is 13.2. The summed E-state index contributed by atoms with van der Waals surface area (Å²) in [5.41, 5.74) is 1.40. The monoisotopic (exact) mass is 726 g/mol. The lowest BCUT2D eigenvalue weighted by Gasteiger charge is -2.43. The zero-order chi connectivity index (χ0) is 35.8. The van der Waals surface area contributed by atoms with Crippen LogP contribution in [0, 0.1) is 0 Å². The van der Waals surface area contributed by atoms with Gasteiger partial charge >= 0.3 is 0 Å². The van der Waals surface area contributed by atoms with Crippen LogP contribution in [0.25, 0.3) is 11.3 Å². The molecule has 3 aliphatic rings. The lowest BCUT2D eigenvalue weighted by molar-refractivity contribution is -0.338. The molecule has 0 radical (unpaired) electrons. The minimum Gasteiger partial charge on any atom is -0.394 e. The number of ether oxygens (including phenoxy) is 4. The fourth-order valence-corrected chi connectivity index (χ4v) is 6.96. The first-order valence-corrected chi connectivity index (χ1v) is 17.6. The van der Waals surface area contributed by atoms with Crippen LogP contribution in [-0.4, -0.2) is 156 Å². The van der Waals surface area contributed by atoms with Gasteiger partial charge in [-0.25, -0.2) is 0 Å². The maximum Gasteiger partial charge on any atom is 0.247 e. The number of aliphatic hydroxyl groups is 7. The first kappa shape index (κ1) is 38.5. The van der Waals surface area contributed by atoms with Crippen LogP contribution in [0.15, 0.2) is 30.3 Å². The van der Waals surface area contributed by atoms with Crippen molar-refractivity contribution in [3.63, 3.8) is 0 Å². The summed E-state index contributed by atoms with van der Waals surface area (Å²) in [6.45, 7) is -0.756. The van der Waals surface area contributed by atoms with Gasteiger partial charge in [-0.2, -0.15) is 0 Å². The number of likely N-dealkylation sites (tertiary alicyclic amines) is 1. The van der Waals surface area contributed by atoms with E-state index in [0.717, 1.165) is 17.1 Å². The van der Waals surface area contributed by atoms with Crippen LogP contribution in [-0.2, 0) is 28.5 Å². The van der Waals surface area contributed by atoms with Crippen LogP contribution in [0.1, 0.15) is 44.9 Å². The average molecular weight is 727 g/mol. The van der Waals surface area contributed by atoms with E-state index in [0.29, 0.717) is 49.3 Å². The molecule has 0 bridgehead atoms. The predicted octanol–water partition coefficient (Wildman–Crippen LogP) is -1.27. The summed E-state index contributed by atoms with van der Waals surface area (Å²) in [5.74, 6) is -0.406. The number of carbonyl (C=O) groups excluding carboxylic acids is 2. The molecule has 4 heterocycles. The van der Waals surface area contributed by atoms with Crippen molar-refractivity contribution in [2.75, 3.05) is 31.7 Å². The van der Waals surface area contributed by atoms with Crippen LogP contribution < -0.4 is 5.32 Å². The Kier molecular flexibility index (Phi) is 14.0. The molecule has 3 fully saturated rings. The minimum absolute atomic E-state index is 0.103. The highest BCUT2D eigenvalue weighted by Crippen LogP contribution is 2.31. The van der Waals surface area contributed by atoms with Gasteiger partial charge in [-0.3, -0.25) is 9.59 Å². The summed E-state index contributed by atoms with van der Waals surface area (Å²) < 4.78 is 26.4. The highest BCUT2D eigenvalue weighted by atomic mass is 32.1.